The average Bonchev–Trinajstić information content (AvgIpc) is 3.50. The van der Waals surface area contributed by atoms with Gasteiger partial charge in [-0.25, -0.2) is 19.7 Å². The fourth-order valence-electron chi connectivity index (χ4n) is 4.50. The summed E-state index contributed by atoms with van der Waals surface area (Å²) in [5.74, 6) is 4.96. The molecule has 1 amide bonds. The monoisotopic (exact) mass is 622 g/mol. The van der Waals surface area contributed by atoms with Crippen molar-refractivity contribution in [3.8, 4) is 23.0 Å². The number of thioether (sulfide) groups is 1. The van der Waals surface area contributed by atoms with Gasteiger partial charge in [0.25, 0.3) is 0 Å². The summed E-state index contributed by atoms with van der Waals surface area (Å²) in [7, 11) is 0. The fraction of sp³-hybridized carbons (Fsp3) is 0.520. The van der Waals surface area contributed by atoms with Crippen LogP contribution in [-0.4, -0.2) is 55.6 Å². The predicted octanol–water partition coefficient (Wildman–Crippen LogP) is 5.43. The Bertz CT molecular complexity index is 1280. The zero-order chi connectivity index (χ0) is 26.9. The molecule has 38 heavy (non-hydrogen) atoms. The number of fused-ring (bicyclic) bond motifs is 2. The molecule has 0 bridgehead atoms. The number of alkyl carbamates (subject to hydrolysis) is 1. The van der Waals surface area contributed by atoms with Crippen molar-refractivity contribution < 1.29 is 19.0 Å². The first-order valence-electron chi connectivity index (χ1n) is 12.5. The van der Waals surface area contributed by atoms with E-state index in [1.807, 2.05) is 49.2 Å². The van der Waals surface area contributed by atoms with Crippen LogP contribution in [0.3, 0.4) is 0 Å². The molecule has 0 spiro atoms. The molecule has 204 valence electrons. The number of nitrogens with two attached hydrogens (primary N) is 1. The Morgan fingerprint density at radius 2 is 2.03 bits per heavy atom. The summed E-state index contributed by atoms with van der Waals surface area (Å²) in [5.41, 5.74) is 6.18. The number of carbonyl (C=O) groups excluding carboxylic acids is 1. The standard InChI is InChI=1S/C25H31BrN6O4S2/c1-25(2,3)36-24(33)29-16(14-5-8-37-9-6-14)4-7-32-12-28-21(27)20-22(32)31-23(30-20)38-19-11-18-17(10-15(19)26)34-13-35-18/h10-12,14,16H,4-9,13,27H2,1-3H3,(H,29,33). The SMILES string of the molecule is CC(C)(C)OC(=O)NC(CCn1cnc(N)c2nc(Sc3cc4c(cc3Br)OCO4)nc1-2)C1CCSCC1. The third-order valence-corrected chi connectivity index (χ3v) is 9.21. The molecule has 1 aromatic rings. The molecule has 4 heterocycles. The lowest BCUT2D eigenvalue weighted by Crippen LogP contribution is -2.44. The van der Waals surface area contributed by atoms with Crippen molar-refractivity contribution in [2.24, 2.45) is 5.92 Å². The van der Waals surface area contributed by atoms with E-state index in [4.69, 9.17) is 24.9 Å². The van der Waals surface area contributed by atoms with Crippen molar-refractivity contribution in [3.63, 3.8) is 0 Å². The van der Waals surface area contributed by atoms with Crippen LogP contribution in [0.2, 0.25) is 0 Å². The van der Waals surface area contributed by atoms with Gasteiger partial charge in [-0.15, -0.1) is 0 Å². The molecule has 0 aromatic heterocycles. The number of nitrogen functional groups attached to an aromatic ring is 1. The lowest BCUT2D eigenvalue weighted by molar-refractivity contribution is 0.0478. The van der Waals surface area contributed by atoms with Crippen LogP contribution in [0.1, 0.15) is 40.0 Å². The van der Waals surface area contributed by atoms with E-state index in [-0.39, 0.29) is 18.9 Å². The minimum atomic E-state index is -0.551. The van der Waals surface area contributed by atoms with Gasteiger partial charge in [-0.2, -0.15) is 11.8 Å². The molecule has 13 heteroatoms. The summed E-state index contributed by atoms with van der Waals surface area (Å²) < 4.78 is 19.3. The van der Waals surface area contributed by atoms with Crippen LogP contribution in [0, 0.1) is 5.92 Å². The number of nitrogens with one attached hydrogen (secondary N) is 1. The van der Waals surface area contributed by atoms with Crippen LogP contribution < -0.4 is 20.5 Å². The molecule has 10 nitrogen and oxygen atoms in total. The summed E-state index contributed by atoms with van der Waals surface area (Å²) in [4.78, 5) is 27.4. The predicted molar refractivity (Wildman–Crippen MR) is 151 cm³/mol. The molecule has 1 aromatic carbocycles. The largest absolute Gasteiger partial charge is 0.454 e. The number of aryl methyl sites for hydroxylation is 1. The Morgan fingerprint density at radius 1 is 1.29 bits per heavy atom. The normalized spacial score (nSPS) is 16.5. The van der Waals surface area contributed by atoms with Gasteiger partial charge in [0.2, 0.25) is 6.79 Å². The van der Waals surface area contributed by atoms with E-state index in [9.17, 15) is 4.79 Å². The molecule has 4 aliphatic heterocycles. The minimum Gasteiger partial charge on any atom is -0.454 e. The van der Waals surface area contributed by atoms with Crippen LogP contribution in [0.15, 0.2) is 33.0 Å². The summed E-state index contributed by atoms with van der Waals surface area (Å²) in [5, 5.41) is 3.70. The van der Waals surface area contributed by atoms with Crippen LogP contribution in [0.25, 0.3) is 11.5 Å². The highest BCUT2D eigenvalue weighted by molar-refractivity contribution is 9.10. The molecule has 1 unspecified atom stereocenters. The van der Waals surface area contributed by atoms with Crippen molar-refractivity contribution in [1.29, 1.82) is 0 Å². The average molecular weight is 624 g/mol. The number of amides is 1. The van der Waals surface area contributed by atoms with Crippen molar-refractivity contribution >= 4 is 51.4 Å². The van der Waals surface area contributed by atoms with Gasteiger partial charge < -0.3 is 29.8 Å². The smallest absolute Gasteiger partial charge is 0.407 e. The maximum Gasteiger partial charge on any atom is 0.407 e. The number of hydrogen-bond donors (Lipinski definition) is 2. The second-order valence-electron chi connectivity index (χ2n) is 10.2. The summed E-state index contributed by atoms with van der Waals surface area (Å²) in [6.07, 6.45) is 4.15. The number of benzene rings is 1. The third-order valence-electron chi connectivity index (χ3n) is 6.32. The number of nitrogens with zero attached hydrogens (tertiary/aromatic N) is 4. The lowest BCUT2D eigenvalue weighted by atomic mass is 9.91. The van der Waals surface area contributed by atoms with E-state index >= 15 is 0 Å². The topological polar surface area (TPSA) is 126 Å². The zero-order valence-corrected chi connectivity index (χ0v) is 24.7. The van der Waals surface area contributed by atoms with E-state index in [1.54, 1.807) is 6.33 Å². The first-order valence-corrected chi connectivity index (χ1v) is 15.3. The Labute approximate surface area is 238 Å². The van der Waals surface area contributed by atoms with Gasteiger partial charge in [0.1, 0.15) is 5.60 Å². The molecule has 0 aliphatic carbocycles. The number of halogens is 1. The van der Waals surface area contributed by atoms with Crippen LogP contribution in [0.4, 0.5) is 10.6 Å². The molecule has 3 N–H and O–H groups in total. The van der Waals surface area contributed by atoms with Crippen LogP contribution in [0.5, 0.6) is 11.5 Å². The van der Waals surface area contributed by atoms with Crippen molar-refractivity contribution in [3.05, 3.63) is 22.9 Å². The Hall–Kier alpha value is -2.38. The molecule has 1 saturated heterocycles. The molecule has 1 fully saturated rings. The Morgan fingerprint density at radius 3 is 2.76 bits per heavy atom. The highest BCUT2D eigenvalue weighted by atomic mass is 79.9. The second kappa shape index (κ2) is 11.4. The van der Waals surface area contributed by atoms with Gasteiger partial charge in [0, 0.05) is 22.0 Å². The fourth-order valence-corrected chi connectivity index (χ4v) is 7.00. The summed E-state index contributed by atoms with van der Waals surface area (Å²) >= 11 is 6.96. The van der Waals surface area contributed by atoms with Crippen LogP contribution in [-0.2, 0) is 11.3 Å². The van der Waals surface area contributed by atoms with E-state index < -0.39 is 5.60 Å². The number of carbonyl (C=O) groups is 1. The van der Waals surface area contributed by atoms with E-state index in [1.165, 1.54) is 11.8 Å². The maximum absolute atomic E-state index is 12.6. The second-order valence-corrected chi connectivity index (χ2v) is 13.3. The number of rotatable bonds is 7. The van der Waals surface area contributed by atoms with Gasteiger partial charge in [0.15, 0.2) is 34.0 Å². The van der Waals surface area contributed by atoms with Gasteiger partial charge in [-0.05, 0) is 97.3 Å². The van der Waals surface area contributed by atoms with E-state index in [0.29, 0.717) is 52.9 Å². The Kier molecular flexibility index (Phi) is 8.15. The molecular formula is C25H31BrN6O4S2. The first kappa shape index (κ1) is 27.2. The first-order chi connectivity index (χ1) is 18.2. The highest BCUT2D eigenvalue weighted by Crippen LogP contribution is 2.43. The minimum absolute atomic E-state index is 0.0211. The number of ether oxygens (including phenoxy) is 3. The summed E-state index contributed by atoms with van der Waals surface area (Å²) in [6.45, 7) is 6.43. The number of anilines is 1. The molecule has 0 saturated carbocycles. The van der Waals surface area contributed by atoms with Gasteiger partial charge in [-0.1, -0.05) is 0 Å². The van der Waals surface area contributed by atoms with Crippen molar-refractivity contribution in [2.75, 3.05) is 24.0 Å². The summed E-state index contributed by atoms with van der Waals surface area (Å²) in [6, 6.07) is 3.76. The Balaban J connectivity index is 1.34. The third kappa shape index (κ3) is 6.42. The zero-order valence-electron chi connectivity index (χ0n) is 21.5. The van der Waals surface area contributed by atoms with Crippen LogP contribution >= 0.6 is 39.5 Å². The number of hydrogen-bond acceptors (Lipinski definition) is 10. The maximum atomic E-state index is 12.6. The van der Waals surface area contributed by atoms with Gasteiger partial charge >= 0.3 is 6.09 Å². The van der Waals surface area contributed by atoms with E-state index in [2.05, 4.69) is 31.2 Å². The van der Waals surface area contributed by atoms with Crippen molar-refractivity contribution in [1.82, 2.24) is 24.8 Å². The number of imidazole rings is 1. The van der Waals surface area contributed by atoms with Gasteiger partial charge in [0.05, 0.1) is 6.33 Å². The molecule has 1 atom stereocenters. The quantitative estimate of drug-likeness (QED) is 0.352. The highest BCUT2D eigenvalue weighted by Gasteiger charge is 2.28. The molecule has 5 rings (SSSR count). The van der Waals surface area contributed by atoms with Crippen molar-refractivity contribution in [2.45, 2.75) is 68.3 Å². The molecule has 0 radical (unpaired) electrons. The molecular weight excluding hydrogens is 592 g/mol. The van der Waals surface area contributed by atoms with Gasteiger partial charge in [-0.3, -0.25) is 0 Å². The molecule has 4 aliphatic rings. The number of aromatic nitrogens is 4. The van der Waals surface area contributed by atoms with E-state index in [0.717, 1.165) is 33.7 Å². The lowest BCUT2D eigenvalue weighted by Gasteiger charge is -2.32.